The number of nitrogens with one attached hydrogen (secondary N) is 1. The number of hydrogen-bond acceptors (Lipinski definition) is 2. The monoisotopic (exact) mass is 271 g/mol. The second kappa shape index (κ2) is 4.16. The molecule has 0 aliphatic carbocycles. The largest absolute Gasteiger partial charge is 0.315 e. The van der Waals surface area contributed by atoms with Crippen LogP contribution in [0.25, 0.3) is 0 Å². The van der Waals surface area contributed by atoms with Crippen molar-refractivity contribution in [1.29, 1.82) is 5.41 Å². The lowest BCUT2D eigenvalue weighted by Crippen LogP contribution is -2.40. The van der Waals surface area contributed by atoms with Gasteiger partial charge in [0.2, 0.25) is 0 Å². The zero-order valence-electron chi connectivity index (χ0n) is 10.1. The van der Waals surface area contributed by atoms with Crippen LogP contribution < -0.4 is 4.90 Å². The highest BCUT2D eigenvalue weighted by Gasteiger charge is 2.40. The van der Waals surface area contributed by atoms with Gasteiger partial charge in [0.05, 0.1) is 22.3 Å². The molecule has 1 fully saturated rings. The molecule has 5 heteroatoms. The highest BCUT2D eigenvalue weighted by atomic mass is 35.5. The minimum atomic E-state index is -0.258. The SMILES string of the molecule is CN1CN(c2ccc(Cl)c(Cl)c2)C(=N)C1(C)C. The molecule has 92 valence electrons. The molecule has 1 aromatic rings. The molecule has 0 aromatic heterocycles. The number of nitrogens with zero attached hydrogens (tertiary/aromatic N) is 2. The summed E-state index contributed by atoms with van der Waals surface area (Å²) in [7, 11) is 2.01. The molecule has 1 saturated heterocycles. The molecule has 0 spiro atoms. The van der Waals surface area contributed by atoms with Crippen LogP contribution in [-0.4, -0.2) is 30.0 Å². The molecule has 1 aliphatic heterocycles. The molecule has 1 aromatic carbocycles. The van der Waals surface area contributed by atoms with Gasteiger partial charge in [-0.15, -0.1) is 0 Å². The van der Waals surface area contributed by atoms with Crippen LogP contribution in [0.1, 0.15) is 13.8 Å². The van der Waals surface area contributed by atoms with Gasteiger partial charge in [0.1, 0.15) is 5.84 Å². The Labute approximate surface area is 111 Å². The lowest BCUT2D eigenvalue weighted by atomic mass is 10.0. The Hall–Kier alpha value is -0.770. The van der Waals surface area contributed by atoms with Crippen molar-refractivity contribution in [3.05, 3.63) is 28.2 Å². The maximum atomic E-state index is 8.21. The van der Waals surface area contributed by atoms with Gasteiger partial charge in [-0.3, -0.25) is 10.3 Å². The van der Waals surface area contributed by atoms with Crippen molar-refractivity contribution in [3.8, 4) is 0 Å². The summed E-state index contributed by atoms with van der Waals surface area (Å²) in [5.41, 5.74) is 0.647. The molecule has 0 atom stereocenters. The van der Waals surface area contributed by atoms with Gasteiger partial charge in [-0.05, 0) is 39.1 Å². The van der Waals surface area contributed by atoms with Crippen LogP contribution in [0.5, 0.6) is 0 Å². The fraction of sp³-hybridized carbons (Fsp3) is 0.417. The summed E-state index contributed by atoms with van der Waals surface area (Å²) in [5.74, 6) is 0.568. The fourth-order valence-corrected chi connectivity index (χ4v) is 2.13. The summed E-state index contributed by atoms with van der Waals surface area (Å²) in [6, 6.07) is 5.45. The molecule has 1 aliphatic rings. The van der Waals surface area contributed by atoms with Gasteiger partial charge < -0.3 is 4.90 Å². The lowest BCUT2D eigenvalue weighted by molar-refractivity contribution is 0.263. The standard InChI is InChI=1S/C12H15Cl2N3/c1-12(2)11(15)17(7-16(12)3)8-4-5-9(13)10(14)6-8/h4-6,15H,7H2,1-3H3. The Morgan fingerprint density at radius 3 is 2.35 bits per heavy atom. The van der Waals surface area contributed by atoms with Crippen molar-refractivity contribution in [1.82, 2.24) is 4.90 Å². The highest BCUT2D eigenvalue weighted by Crippen LogP contribution is 2.32. The second-order valence-corrected chi connectivity index (χ2v) is 5.59. The van der Waals surface area contributed by atoms with E-state index in [4.69, 9.17) is 28.6 Å². The normalized spacial score (nSPS) is 20.1. The van der Waals surface area contributed by atoms with E-state index in [1.807, 2.05) is 31.9 Å². The molecule has 0 bridgehead atoms. The van der Waals surface area contributed by atoms with Crippen LogP contribution in [0.15, 0.2) is 18.2 Å². The fourth-order valence-electron chi connectivity index (χ4n) is 1.83. The van der Waals surface area contributed by atoms with E-state index in [9.17, 15) is 0 Å². The van der Waals surface area contributed by atoms with Gasteiger partial charge in [-0.1, -0.05) is 23.2 Å². The predicted molar refractivity (Wildman–Crippen MR) is 73.4 cm³/mol. The van der Waals surface area contributed by atoms with Crippen LogP contribution >= 0.6 is 23.2 Å². The smallest absolute Gasteiger partial charge is 0.122 e. The van der Waals surface area contributed by atoms with Gasteiger partial charge in [0, 0.05) is 5.69 Å². The number of anilines is 1. The number of benzene rings is 1. The Balaban J connectivity index is 2.36. The zero-order valence-corrected chi connectivity index (χ0v) is 11.6. The first-order valence-electron chi connectivity index (χ1n) is 5.37. The van der Waals surface area contributed by atoms with E-state index < -0.39 is 0 Å². The molecule has 1 N–H and O–H groups in total. The topological polar surface area (TPSA) is 30.3 Å². The van der Waals surface area contributed by atoms with Crippen LogP contribution in [0.2, 0.25) is 10.0 Å². The molecule has 0 amide bonds. The van der Waals surface area contributed by atoms with Gasteiger partial charge in [-0.25, -0.2) is 0 Å². The third-order valence-corrected chi connectivity index (χ3v) is 4.11. The summed E-state index contributed by atoms with van der Waals surface area (Å²) in [4.78, 5) is 4.06. The average Bonchev–Trinajstić information content (AvgIpc) is 2.46. The first-order chi connectivity index (χ1) is 7.84. The van der Waals surface area contributed by atoms with Crippen molar-refractivity contribution in [2.45, 2.75) is 19.4 Å². The molecule has 2 rings (SSSR count). The number of halogens is 2. The summed E-state index contributed by atoms with van der Waals surface area (Å²) in [6.45, 7) is 4.75. The van der Waals surface area contributed by atoms with Gasteiger partial charge >= 0.3 is 0 Å². The van der Waals surface area contributed by atoms with E-state index in [0.29, 0.717) is 22.5 Å². The van der Waals surface area contributed by atoms with Gasteiger partial charge in [-0.2, -0.15) is 0 Å². The number of amidine groups is 1. The molecule has 0 unspecified atom stereocenters. The van der Waals surface area contributed by atoms with E-state index in [0.717, 1.165) is 5.69 Å². The zero-order chi connectivity index (χ0) is 12.8. The summed E-state index contributed by atoms with van der Waals surface area (Å²) >= 11 is 11.9. The Bertz CT molecular complexity index is 471. The Kier molecular flexibility index (Phi) is 3.10. The minimum absolute atomic E-state index is 0.258. The van der Waals surface area contributed by atoms with Crippen LogP contribution in [0.3, 0.4) is 0 Å². The summed E-state index contributed by atoms with van der Waals surface area (Å²) in [5, 5.41) is 9.26. The van der Waals surface area contributed by atoms with Crippen molar-refractivity contribution in [3.63, 3.8) is 0 Å². The van der Waals surface area contributed by atoms with Gasteiger partial charge in [0.15, 0.2) is 0 Å². The lowest BCUT2D eigenvalue weighted by Gasteiger charge is -2.25. The maximum absolute atomic E-state index is 8.21. The molecule has 0 saturated carbocycles. The minimum Gasteiger partial charge on any atom is -0.315 e. The maximum Gasteiger partial charge on any atom is 0.122 e. The van der Waals surface area contributed by atoms with Crippen LogP contribution in [0, 0.1) is 5.41 Å². The Morgan fingerprint density at radius 1 is 1.24 bits per heavy atom. The summed E-state index contributed by atoms with van der Waals surface area (Å²) < 4.78 is 0. The van der Waals surface area contributed by atoms with Crippen molar-refractivity contribution in [2.24, 2.45) is 0 Å². The van der Waals surface area contributed by atoms with Crippen LogP contribution in [0.4, 0.5) is 5.69 Å². The van der Waals surface area contributed by atoms with E-state index in [2.05, 4.69) is 4.90 Å². The third kappa shape index (κ3) is 2.03. The van der Waals surface area contributed by atoms with E-state index in [1.54, 1.807) is 12.1 Å². The molecular formula is C12H15Cl2N3. The predicted octanol–water partition coefficient (Wildman–Crippen LogP) is 3.46. The van der Waals surface area contributed by atoms with E-state index >= 15 is 0 Å². The van der Waals surface area contributed by atoms with Crippen molar-refractivity contribution < 1.29 is 0 Å². The molecule has 17 heavy (non-hydrogen) atoms. The number of rotatable bonds is 1. The Morgan fingerprint density at radius 2 is 1.88 bits per heavy atom. The van der Waals surface area contributed by atoms with E-state index in [-0.39, 0.29) is 5.54 Å². The molecule has 0 radical (unpaired) electrons. The average molecular weight is 272 g/mol. The first-order valence-corrected chi connectivity index (χ1v) is 6.12. The highest BCUT2D eigenvalue weighted by molar-refractivity contribution is 6.42. The van der Waals surface area contributed by atoms with E-state index in [1.165, 1.54) is 0 Å². The van der Waals surface area contributed by atoms with Crippen molar-refractivity contribution >= 4 is 34.7 Å². The van der Waals surface area contributed by atoms with Gasteiger partial charge in [0.25, 0.3) is 0 Å². The van der Waals surface area contributed by atoms with Crippen molar-refractivity contribution in [2.75, 3.05) is 18.6 Å². The quantitative estimate of drug-likeness (QED) is 0.848. The number of likely N-dealkylation sites (N-methyl/N-ethyl adjacent to an activating group) is 1. The molecular weight excluding hydrogens is 257 g/mol. The summed E-state index contributed by atoms with van der Waals surface area (Å²) in [6.07, 6.45) is 0. The molecule has 1 heterocycles. The first kappa shape index (κ1) is 12.7. The second-order valence-electron chi connectivity index (χ2n) is 4.77. The third-order valence-electron chi connectivity index (χ3n) is 3.37. The molecule has 3 nitrogen and oxygen atoms in total. The number of hydrogen-bond donors (Lipinski definition) is 1. The van der Waals surface area contributed by atoms with Crippen LogP contribution in [-0.2, 0) is 0 Å².